The zero-order chi connectivity index (χ0) is 19.6. The molecule has 1 amide bonds. The van der Waals surface area contributed by atoms with Gasteiger partial charge in [-0.1, -0.05) is 48.0 Å². The summed E-state index contributed by atoms with van der Waals surface area (Å²) in [6.45, 7) is 4.16. The molecule has 2 rings (SSSR count). The molecule has 6 nitrogen and oxygen atoms in total. The molecule has 0 fully saturated rings. The lowest BCUT2D eigenvalue weighted by atomic mass is 9.96. The number of benzene rings is 2. The van der Waals surface area contributed by atoms with Crippen molar-refractivity contribution < 1.29 is 23.8 Å². The van der Waals surface area contributed by atoms with E-state index in [1.54, 1.807) is 38.1 Å². The second-order valence-electron chi connectivity index (χ2n) is 5.51. The predicted molar refractivity (Wildman–Crippen MR) is 102 cm³/mol. The third-order valence-electron chi connectivity index (χ3n) is 3.69. The lowest BCUT2D eigenvalue weighted by molar-refractivity contribution is 0.0376. The van der Waals surface area contributed by atoms with Crippen LogP contribution < -0.4 is 5.32 Å². The van der Waals surface area contributed by atoms with Crippen LogP contribution in [0.25, 0.3) is 0 Å². The maximum absolute atomic E-state index is 12.0. The summed E-state index contributed by atoms with van der Waals surface area (Å²) in [4.78, 5) is 23.6. The van der Waals surface area contributed by atoms with E-state index in [9.17, 15) is 9.59 Å². The summed E-state index contributed by atoms with van der Waals surface area (Å²) >= 11 is 5.97. The molecule has 0 saturated heterocycles. The minimum Gasteiger partial charge on any atom is -0.450 e. The molecule has 7 heteroatoms. The first-order valence-corrected chi connectivity index (χ1v) is 9.00. The Hall–Kier alpha value is -2.73. The van der Waals surface area contributed by atoms with Crippen LogP contribution in [-0.2, 0) is 20.8 Å². The molecule has 0 radical (unpaired) electrons. The molecular weight excluding hydrogens is 370 g/mol. The highest BCUT2D eigenvalue weighted by Crippen LogP contribution is 2.30. The van der Waals surface area contributed by atoms with Gasteiger partial charge in [0, 0.05) is 17.1 Å². The van der Waals surface area contributed by atoms with Crippen LogP contribution in [0.1, 0.15) is 36.6 Å². The fourth-order valence-corrected chi connectivity index (χ4v) is 2.62. The maximum atomic E-state index is 12.0. The van der Waals surface area contributed by atoms with Gasteiger partial charge >= 0.3 is 12.2 Å². The molecule has 0 spiro atoms. The highest BCUT2D eigenvalue weighted by molar-refractivity contribution is 6.30. The van der Waals surface area contributed by atoms with E-state index in [2.05, 4.69) is 5.32 Å². The zero-order valence-electron chi connectivity index (χ0n) is 15.2. The van der Waals surface area contributed by atoms with Crippen LogP contribution in [-0.4, -0.2) is 25.5 Å². The first-order chi connectivity index (χ1) is 13.0. The van der Waals surface area contributed by atoms with Crippen molar-refractivity contribution in [2.24, 2.45) is 0 Å². The molecule has 0 aromatic heterocycles. The summed E-state index contributed by atoms with van der Waals surface area (Å²) in [6.07, 6.45) is -1.99. The van der Waals surface area contributed by atoms with Crippen molar-refractivity contribution in [3.8, 4) is 0 Å². The molecule has 0 aliphatic carbocycles. The van der Waals surface area contributed by atoms with Gasteiger partial charge in [-0.3, -0.25) is 0 Å². The third-order valence-corrected chi connectivity index (χ3v) is 3.94. The lowest BCUT2D eigenvalue weighted by Crippen LogP contribution is -2.25. The van der Waals surface area contributed by atoms with Crippen molar-refractivity contribution >= 4 is 23.8 Å². The molecule has 0 aliphatic heterocycles. The van der Waals surface area contributed by atoms with E-state index in [4.69, 9.17) is 25.8 Å². The Labute approximate surface area is 163 Å². The maximum Gasteiger partial charge on any atom is 0.509 e. The SMILES string of the molecule is CCOC(=O)NCc1ccccc1C(OC(=O)OCC)c1ccc(Cl)cc1. The first kappa shape index (κ1) is 20.6. The first-order valence-electron chi connectivity index (χ1n) is 8.62. The number of amides is 1. The molecule has 0 heterocycles. The number of hydrogen-bond donors (Lipinski definition) is 1. The van der Waals surface area contributed by atoms with Crippen LogP contribution in [0.15, 0.2) is 48.5 Å². The van der Waals surface area contributed by atoms with E-state index < -0.39 is 18.4 Å². The van der Waals surface area contributed by atoms with Crippen LogP contribution in [0.5, 0.6) is 0 Å². The number of carbonyl (C=O) groups excluding carboxylic acids is 2. The molecule has 0 aliphatic rings. The number of rotatable bonds is 7. The number of halogens is 1. The standard InChI is InChI=1S/C20H22ClNO5/c1-3-25-19(23)22-13-15-7-5-6-8-17(15)18(27-20(24)26-4-2)14-9-11-16(21)12-10-14/h5-12,18H,3-4,13H2,1-2H3,(H,22,23). The highest BCUT2D eigenvalue weighted by Gasteiger charge is 2.22. The summed E-state index contributed by atoms with van der Waals surface area (Å²) in [7, 11) is 0. The summed E-state index contributed by atoms with van der Waals surface area (Å²) in [6, 6.07) is 14.4. The minimum atomic E-state index is -0.773. The van der Waals surface area contributed by atoms with Gasteiger partial charge in [0.1, 0.15) is 0 Å². The lowest BCUT2D eigenvalue weighted by Gasteiger charge is -2.21. The average molecular weight is 392 g/mol. The quantitative estimate of drug-likeness (QED) is 0.683. The van der Waals surface area contributed by atoms with Gasteiger partial charge in [-0.15, -0.1) is 0 Å². The Morgan fingerprint density at radius 2 is 1.67 bits per heavy atom. The van der Waals surface area contributed by atoms with Gasteiger partial charge in [0.25, 0.3) is 0 Å². The number of nitrogens with one attached hydrogen (secondary N) is 1. The summed E-state index contributed by atoms with van der Waals surface area (Å²) in [5.74, 6) is 0. The van der Waals surface area contributed by atoms with E-state index in [1.165, 1.54) is 0 Å². The van der Waals surface area contributed by atoms with Crippen molar-refractivity contribution in [1.82, 2.24) is 5.32 Å². The summed E-state index contributed by atoms with van der Waals surface area (Å²) < 4.78 is 15.4. The monoisotopic (exact) mass is 391 g/mol. The van der Waals surface area contributed by atoms with Crippen molar-refractivity contribution in [3.63, 3.8) is 0 Å². The van der Waals surface area contributed by atoms with Crippen LogP contribution in [0, 0.1) is 0 Å². The van der Waals surface area contributed by atoms with Gasteiger partial charge in [-0.25, -0.2) is 9.59 Å². The van der Waals surface area contributed by atoms with E-state index in [0.29, 0.717) is 5.02 Å². The Morgan fingerprint density at radius 1 is 1.00 bits per heavy atom. The van der Waals surface area contributed by atoms with Crippen LogP contribution in [0.3, 0.4) is 0 Å². The highest BCUT2D eigenvalue weighted by atomic mass is 35.5. The van der Waals surface area contributed by atoms with Gasteiger partial charge in [-0.05, 0) is 37.1 Å². The van der Waals surface area contributed by atoms with Crippen molar-refractivity contribution in [3.05, 3.63) is 70.2 Å². The average Bonchev–Trinajstić information content (AvgIpc) is 2.66. The largest absolute Gasteiger partial charge is 0.509 e. The number of carbonyl (C=O) groups is 2. The summed E-state index contributed by atoms with van der Waals surface area (Å²) in [5.41, 5.74) is 2.25. The Bertz CT molecular complexity index is 763. The molecule has 0 bridgehead atoms. The molecule has 2 aromatic rings. The topological polar surface area (TPSA) is 73.9 Å². The molecule has 144 valence electrons. The molecule has 1 atom stereocenters. The number of alkyl carbamates (subject to hydrolysis) is 1. The molecule has 1 N–H and O–H groups in total. The molecule has 1 unspecified atom stereocenters. The molecular formula is C20H22ClNO5. The molecule has 0 saturated carbocycles. The van der Waals surface area contributed by atoms with E-state index >= 15 is 0 Å². The van der Waals surface area contributed by atoms with Crippen molar-refractivity contribution in [2.75, 3.05) is 13.2 Å². The number of ether oxygens (including phenoxy) is 3. The Balaban J connectivity index is 2.32. The number of hydrogen-bond acceptors (Lipinski definition) is 5. The second kappa shape index (κ2) is 10.4. The fraction of sp³-hybridized carbons (Fsp3) is 0.300. The van der Waals surface area contributed by atoms with Crippen LogP contribution in [0.4, 0.5) is 9.59 Å². The Morgan fingerprint density at radius 3 is 2.33 bits per heavy atom. The van der Waals surface area contributed by atoms with Crippen molar-refractivity contribution in [2.45, 2.75) is 26.5 Å². The van der Waals surface area contributed by atoms with Gasteiger partial charge in [0.15, 0.2) is 6.10 Å². The molecule has 27 heavy (non-hydrogen) atoms. The van der Waals surface area contributed by atoms with Gasteiger partial charge in [0.05, 0.1) is 13.2 Å². The van der Waals surface area contributed by atoms with Crippen LogP contribution in [0.2, 0.25) is 5.02 Å². The van der Waals surface area contributed by atoms with Gasteiger partial charge in [-0.2, -0.15) is 0 Å². The van der Waals surface area contributed by atoms with E-state index in [0.717, 1.165) is 16.7 Å². The fourth-order valence-electron chi connectivity index (χ4n) is 2.50. The minimum absolute atomic E-state index is 0.207. The third kappa shape index (κ3) is 6.18. The Kier molecular flexibility index (Phi) is 7.95. The normalized spacial score (nSPS) is 11.4. The predicted octanol–water partition coefficient (Wildman–Crippen LogP) is 4.85. The van der Waals surface area contributed by atoms with Crippen LogP contribution >= 0.6 is 11.6 Å². The summed E-state index contributed by atoms with van der Waals surface area (Å²) in [5, 5.41) is 3.26. The van der Waals surface area contributed by atoms with Crippen molar-refractivity contribution in [1.29, 1.82) is 0 Å². The van der Waals surface area contributed by atoms with E-state index in [-0.39, 0.29) is 19.8 Å². The second-order valence-corrected chi connectivity index (χ2v) is 5.94. The smallest absolute Gasteiger partial charge is 0.450 e. The molecule has 2 aromatic carbocycles. The zero-order valence-corrected chi connectivity index (χ0v) is 16.0. The van der Waals surface area contributed by atoms with E-state index in [1.807, 2.05) is 24.3 Å². The van der Waals surface area contributed by atoms with Gasteiger partial charge < -0.3 is 19.5 Å². The van der Waals surface area contributed by atoms with Gasteiger partial charge in [0.2, 0.25) is 0 Å².